The Bertz CT molecular complexity index is 584. The second kappa shape index (κ2) is 7.04. The van der Waals surface area contributed by atoms with E-state index in [2.05, 4.69) is 19.6 Å². The average molecular weight is 320 g/mol. The van der Waals surface area contributed by atoms with Crippen molar-refractivity contribution in [1.82, 2.24) is 9.36 Å². The van der Waals surface area contributed by atoms with Crippen LogP contribution in [0.15, 0.2) is 30.3 Å². The summed E-state index contributed by atoms with van der Waals surface area (Å²) in [4.78, 5) is 6.65. The maximum atomic E-state index is 9.57. The molecular formula is C15H20N4O2S. The number of hydrogen-bond donors (Lipinski definition) is 3. The molecule has 1 unspecified atom stereocenters. The van der Waals surface area contributed by atoms with E-state index in [0.717, 1.165) is 36.6 Å². The normalized spacial score (nSPS) is 17.5. The third kappa shape index (κ3) is 3.55. The summed E-state index contributed by atoms with van der Waals surface area (Å²) < 4.78 is 4.33. The molecule has 22 heavy (non-hydrogen) atoms. The van der Waals surface area contributed by atoms with Crippen LogP contribution in [0.5, 0.6) is 0 Å². The van der Waals surface area contributed by atoms with Crippen LogP contribution in [0.3, 0.4) is 0 Å². The maximum Gasteiger partial charge on any atom is 0.237 e. The van der Waals surface area contributed by atoms with E-state index < -0.39 is 0 Å². The lowest BCUT2D eigenvalue weighted by molar-refractivity contribution is 0.145. The van der Waals surface area contributed by atoms with E-state index in [1.54, 1.807) is 0 Å². The summed E-state index contributed by atoms with van der Waals surface area (Å²) in [6.45, 7) is 1.59. The Labute approximate surface area is 133 Å². The van der Waals surface area contributed by atoms with Crippen LogP contribution >= 0.6 is 11.5 Å². The number of anilines is 2. The number of aliphatic hydroxyl groups is 2. The summed E-state index contributed by atoms with van der Waals surface area (Å²) in [5.41, 5.74) is 1.00. The molecule has 1 aliphatic heterocycles. The molecular weight excluding hydrogens is 300 g/mol. The number of rotatable bonds is 5. The summed E-state index contributed by atoms with van der Waals surface area (Å²) in [7, 11) is 0. The van der Waals surface area contributed by atoms with Crippen LogP contribution in [-0.4, -0.2) is 45.4 Å². The summed E-state index contributed by atoms with van der Waals surface area (Å²) in [6, 6.07) is 9.55. The molecule has 0 aliphatic carbocycles. The van der Waals surface area contributed by atoms with Gasteiger partial charge in [-0.2, -0.15) is 9.36 Å². The van der Waals surface area contributed by atoms with Gasteiger partial charge in [0.25, 0.3) is 0 Å². The quantitative estimate of drug-likeness (QED) is 0.777. The minimum atomic E-state index is -0.216. The summed E-state index contributed by atoms with van der Waals surface area (Å²) in [5, 5.41) is 23.2. The Morgan fingerprint density at radius 3 is 2.68 bits per heavy atom. The average Bonchev–Trinajstić information content (AvgIpc) is 3.03. The van der Waals surface area contributed by atoms with Crippen molar-refractivity contribution in [3.05, 3.63) is 35.9 Å². The van der Waals surface area contributed by atoms with E-state index in [0.29, 0.717) is 5.95 Å². The van der Waals surface area contributed by atoms with Crippen molar-refractivity contribution in [2.24, 2.45) is 0 Å². The highest BCUT2D eigenvalue weighted by Gasteiger charge is 2.21. The molecule has 1 aromatic carbocycles. The lowest BCUT2D eigenvalue weighted by Gasteiger charge is -2.28. The molecule has 1 aromatic heterocycles. The lowest BCUT2D eigenvalue weighted by Crippen LogP contribution is -2.35. The second-order valence-corrected chi connectivity index (χ2v) is 6.14. The summed E-state index contributed by atoms with van der Waals surface area (Å²) in [6.07, 6.45) is 1.34. The molecule has 1 atom stereocenters. The number of piperidine rings is 1. The number of nitrogens with zero attached hydrogens (tertiary/aromatic N) is 3. The Morgan fingerprint density at radius 1 is 1.27 bits per heavy atom. The van der Waals surface area contributed by atoms with Gasteiger partial charge < -0.3 is 20.4 Å². The van der Waals surface area contributed by atoms with Crippen LogP contribution in [0.25, 0.3) is 0 Å². The molecule has 1 saturated heterocycles. The molecule has 1 aliphatic rings. The Balaban J connectivity index is 1.66. The molecule has 2 aromatic rings. The zero-order chi connectivity index (χ0) is 15.4. The van der Waals surface area contributed by atoms with Gasteiger partial charge in [-0.3, -0.25) is 0 Å². The van der Waals surface area contributed by atoms with E-state index in [1.165, 1.54) is 11.5 Å². The molecule has 118 valence electrons. The third-order valence-electron chi connectivity index (χ3n) is 3.84. The highest BCUT2D eigenvalue weighted by molar-refractivity contribution is 7.09. The summed E-state index contributed by atoms with van der Waals surface area (Å²) in [5.74, 6) is 0.536. The van der Waals surface area contributed by atoms with Crippen molar-refractivity contribution < 1.29 is 10.2 Å². The van der Waals surface area contributed by atoms with E-state index in [-0.39, 0.29) is 18.8 Å². The Hall–Kier alpha value is -1.70. The molecule has 2 heterocycles. The van der Waals surface area contributed by atoms with E-state index >= 15 is 0 Å². The zero-order valence-corrected chi connectivity index (χ0v) is 13.0. The van der Waals surface area contributed by atoms with Crippen LogP contribution in [0.4, 0.5) is 11.1 Å². The Kier molecular flexibility index (Phi) is 4.87. The fourth-order valence-corrected chi connectivity index (χ4v) is 3.22. The predicted molar refractivity (Wildman–Crippen MR) is 87.3 cm³/mol. The van der Waals surface area contributed by atoms with E-state index in [4.69, 9.17) is 0 Å². The van der Waals surface area contributed by atoms with Crippen molar-refractivity contribution >= 4 is 22.6 Å². The van der Waals surface area contributed by atoms with Gasteiger partial charge in [-0.1, -0.05) is 30.3 Å². The molecule has 0 spiro atoms. The van der Waals surface area contributed by atoms with Crippen LogP contribution in [0.2, 0.25) is 0 Å². The first-order valence-electron chi connectivity index (χ1n) is 7.45. The standard InChI is InChI=1S/C15H20N4O2S/c20-10-13(11-4-2-1-3-5-11)16-14-17-15(22-18-14)19-8-6-12(21)7-9-19/h1-5,12-13,20-21H,6-10H2,(H,16,18). The van der Waals surface area contributed by atoms with Gasteiger partial charge in [-0.25, -0.2) is 0 Å². The molecule has 0 bridgehead atoms. The van der Waals surface area contributed by atoms with Gasteiger partial charge in [0.2, 0.25) is 11.1 Å². The first kappa shape index (κ1) is 15.2. The minimum absolute atomic E-state index is 0.0194. The predicted octanol–water partition coefficient (Wildman–Crippen LogP) is 1.64. The fourth-order valence-electron chi connectivity index (χ4n) is 2.54. The number of benzene rings is 1. The molecule has 3 rings (SSSR count). The molecule has 1 fully saturated rings. The monoisotopic (exact) mass is 320 g/mol. The number of nitrogens with one attached hydrogen (secondary N) is 1. The minimum Gasteiger partial charge on any atom is -0.394 e. The van der Waals surface area contributed by atoms with Crippen LogP contribution in [-0.2, 0) is 0 Å². The molecule has 3 N–H and O–H groups in total. The molecule has 6 nitrogen and oxygen atoms in total. The first-order chi connectivity index (χ1) is 10.8. The summed E-state index contributed by atoms with van der Waals surface area (Å²) >= 11 is 1.34. The lowest BCUT2D eigenvalue weighted by atomic mass is 10.1. The highest BCUT2D eigenvalue weighted by atomic mass is 32.1. The SMILES string of the molecule is OCC(Nc1nsc(N2CCC(O)CC2)n1)c1ccccc1. The molecule has 0 saturated carbocycles. The third-order valence-corrected chi connectivity index (χ3v) is 4.62. The second-order valence-electron chi connectivity index (χ2n) is 5.41. The number of hydrogen-bond acceptors (Lipinski definition) is 7. The van der Waals surface area contributed by atoms with Crippen molar-refractivity contribution in [3.8, 4) is 0 Å². The van der Waals surface area contributed by atoms with Gasteiger partial charge in [-0.15, -0.1) is 0 Å². The van der Waals surface area contributed by atoms with Gasteiger partial charge in [0.1, 0.15) is 0 Å². The van der Waals surface area contributed by atoms with Gasteiger partial charge >= 0.3 is 0 Å². The van der Waals surface area contributed by atoms with Crippen LogP contribution in [0.1, 0.15) is 24.4 Å². The van der Waals surface area contributed by atoms with Crippen molar-refractivity contribution in [1.29, 1.82) is 0 Å². The van der Waals surface area contributed by atoms with E-state index in [9.17, 15) is 10.2 Å². The van der Waals surface area contributed by atoms with Crippen molar-refractivity contribution in [3.63, 3.8) is 0 Å². The van der Waals surface area contributed by atoms with Crippen LogP contribution < -0.4 is 10.2 Å². The first-order valence-corrected chi connectivity index (χ1v) is 8.22. The zero-order valence-electron chi connectivity index (χ0n) is 12.2. The largest absolute Gasteiger partial charge is 0.394 e. The number of aromatic nitrogens is 2. The maximum absolute atomic E-state index is 9.57. The van der Waals surface area contributed by atoms with Gasteiger partial charge in [0, 0.05) is 24.6 Å². The smallest absolute Gasteiger partial charge is 0.237 e. The van der Waals surface area contributed by atoms with Gasteiger partial charge in [-0.05, 0) is 18.4 Å². The van der Waals surface area contributed by atoms with Gasteiger partial charge in [0.05, 0.1) is 18.8 Å². The molecule has 7 heteroatoms. The van der Waals surface area contributed by atoms with Gasteiger partial charge in [0.15, 0.2) is 0 Å². The Morgan fingerprint density at radius 2 is 2.00 bits per heavy atom. The fraction of sp³-hybridized carbons (Fsp3) is 0.467. The topological polar surface area (TPSA) is 81.5 Å². The molecule has 0 radical (unpaired) electrons. The number of aliphatic hydroxyl groups excluding tert-OH is 2. The molecule has 0 amide bonds. The van der Waals surface area contributed by atoms with Crippen LogP contribution in [0, 0.1) is 0 Å². The van der Waals surface area contributed by atoms with Crippen molar-refractivity contribution in [2.45, 2.75) is 25.0 Å². The van der Waals surface area contributed by atoms with Crippen molar-refractivity contribution in [2.75, 3.05) is 29.9 Å². The van der Waals surface area contributed by atoms with E-state index in [1.807, 2.05) is 30.3 Å². The highest BCUT2D eigenvalue weighted by Crippen LogP contribution is 2.25.